The molecule has 4 heteroatoms. The summed E-state index contributed by atoms with van der Waals surface area (Å²) in [5, 5.41) is 0. The van der Waals surface area contributed by atoms with Gasteiger partial charge in [-0.05, 0) is 48.1 Å². The molecule has 3 aromatic rings. The van der Waals surface area contributed by atoms with Crippen molar-refractivity contribution in [1.82, 2.24) is 15.0 Å². The Bertz CT molecular complexity index is 845. The zero-order valence-electron chi connectivity index (χ0n) is 14.3. The summed E-state index contributed by atoms with van der Waals surface area (Å²) in [6.07, 6.45) is 9.87. The molecule has 4 rings (SSSR count). The van der Waals surface area contributed by atoms with Crippen LogP contribution in [0.25, 0.3) is 22.4 Å². The third kappa shape index (κ3) is 2.46. The largest absolute Gasteiger partial charge is 0.497 e. The summed E-state index contributed by atoms with van der Waals surface area (Å²) in [6, 6.07) is 8.24. The summed E-state index contributed by atoms with van der Waals surface area (Å²) in [5.41, 5.74) is 5.70. The molecule has 0 radical (unpaired) electrons. The maximum absolute atomic E-state index is 5.30. The molecule has 1 fully saturated rings. The van der Waals surface area contributed by atoms with Gasteiger partial charge >= 0.3 is 0 Å². The van der Waals surface area contributed by atoms with Crippen LogP contribution in [0.5, 0.6) is 5.75 Å². The van der Waals surface area contributed by atoms with Gasteiger partial charge < -0.3 is 9.72 Å². The number of benzene rings is 1. The average molecular weight is 321 g/mol. The third-order valence-electron chi connectivity index (χ3n) is 5.37. The van der Waals surface area contributed by atoms with Crippen LogP contribution in [0, 0.1) is 0 Å². The molecule has 1 saturated carbocycles. The van der Waals surface area contributed by atoms with Gasteiger partial charge in [-0.25, -0.2) is 4.98 Å². The fraction of sp³-hybridized carbons (Fsp3) is 0.400. The first-order chi connectivity index (χ1) is 11.7. The second-order valence-electron chi connectivity index (χ2n) is 6.98. The lowest BCUT2D eigenvalue weighted by Crippen LogP contribution is -2.25. The molecule has 0 atom stereocenters. The normalized spacial score (nSPS) is 17.1. The second kappa shape index (κ2) is 5.93. The molecule has 1 aliphatic rings. The summed E-state index contributed by atoms with van der Waals surface area (Å²) >= 11 is 0. The van der Waals surface area contributed by atoms with Gasteiger partial charge in [-0.3, -0.25) is 4.98 Å². The molecule has 4 nitrogen and oxygen atoms in total. The highest BCUT2D eigenvalue weighted by atomic mass is 16.5. The van der Waals surface area contributed by atoms with E-state index in [0.717, 1.165) is 28.2 Å². The predicted octanol–water partition coefficient (Wildman–Crippen LogP) is 4.86. The highest BCUT2D eigenvalue weighted by Gasteiger charge is 2.34. The molecule has 124 valence electrons. The smallest absolute Gasteiger partial charge is 0.156 e. The zero-order chi connectivity index (χ0) is 16.6. The first-order valence-corrected chi connectivity index (χ1v) is 8.69. The quantitative estimate of drug-likeness (QED) is 0.750. The van der Waals surface area contributed by atoms with Crippen LogP contribution in [0.4, 0.5) is 0 Å². The number of aromatic amines is 1. The maximum atomic E-state index is 5.30. The van der Waals surface area contributed by atoms with E-state index in [4.69, 9.17) is 4.74 Å². The van der Waals surface area contributed by atoms with Gasteiger partial charge in [-0.15, -0.1) is 0 Å². The van der Waals surface area contributed by atoms with E-state index < -0.39 is 0 Å². The molecule has 1 aromatic carbocycles. The highest BCUT2D eigenvalue weighted by Crippen LogP contribution is 2.45. The number of rotatable bonds is 3. The summed E-state index contributed by atoms with van der Waals surface area (Å²) in [6.45, 7) is 2.39. The minimum absolute atomic E-state index is 0.155. The molecular weight excluding hydrogens is 298 g/mol. The fourth-order valence-electron chi connectivity index (χ4n) is 4.06. The Hall–Kier alpha value is -2.36. The van der Waals surface area contributed by atoms with Crippen LogP contribution >= 0.6 is 0 Å². The minimum atomic E-state index is 0.155. The Balaban J connectivity index is 1.92. The number of methoxy groups -OCH3 is 1. The second-order valence-corrected chi connectivity index (χ2v) is 6.98. The van der Waals surface area contributed by atoms with Crippen molar-refractivity contribution in [3.63, 3.8) is 0 Å². The molecular formula is C20H23N3O. The molecule has 0 aliphatic heterocycles. The van der Waals surface area contributed by atoms with E-state index >= 15 is 0 Å². The Morgan fingerprint density at radius 1 is 1.00 bits per heavy atom. The van der Waals surface area contributed by atoms with Gasteiger partial charge in [0.25, 0.3) is 0 Å². The molecule has 0 spiro atoms. The first kappa shape index (κ1) is 15.2. The van der Waals surface area contributed by atoms with Crippen molar-refractivity contribution in [3.8, 4) is 17.0 Å². The van der Waals surface area contributed by atoms with Gasteiger partial charge in [0.2, 0.25) is 0 Å². The average Bonchev–Trinajstić information content (AvgIpc) is 3.03. The van der Waals surface area contributed by atoms with Crippen LogP contribution in [0.3, 0.4) is 0 Å². The van der Waals surface area contributed by atoms with Crippen LogP contribution < -0.4 is 4.74 Å². The molecule has 0 bridgehead atoms. The Labute approximate surface area is 142 Å². The molecule has 1 N–H and O–H groups in total. The van der Waals surface area contributed by atoms with Crippen molar-refractivity contribution in [2.24, 2.45) is 0 Å². The lowest BCUT2D eigenvalue weighted by Gasteiger charge is -2.34. The predicted molar refractivity (Wildman–Crippen MR) is 96.3 cm³/mol. The number of ether oxygens (including phenoxy) is 1. The van der Waals surface area contributed by atoms with Gasteiger partial charge in [-0.2, -0.15) is 0 Å². The Kier molecular flexibility index (Phi) is 3.75. The lowest BCUT2D eigenvalue weighted by molar-refractivity contribution is 0.322. The summed E-state index contributed by atoms with van der Waals surface area (Å²) in [5.74, 6) is 0.872. The van der Waals surface area contributed by atoms with E-state index in [1.54, 1.807) is 19.5 Å². The summed E-state index contributed by atoms with van der Waals surface area (Å²) < 4.78 is 5.30. The SMILES string of the molecule is COc1ccc(-c2[nH]c3nccnc3c2C2(C)CCCCC2)cc1. The first-order valence-electron chi connectivity index (χ1n) is 8.69. The van der Waals surface area contributed by atoms with Crippen LogP contribution in [-0.2, 0) is 5.41 Å². The molecule has 1 aliphatic carbocycles. The van der Waals surface area contributed by atoms with Gasteiger partial charge in [0, 0.05) is 18.0 Å². The fourth-order valence-corrected chi connectivity index (χ4v) is 4.06. The zero-order valence-corrected chi connectivity index (χ0v) is 14.3. The van der Waals surface area contributed by atoms with Gasteiger partial charge in [0.05, 0.1) is 12.8 Å². The van der Waals surface area contributed by atoms with E-state index in [1.807, 2.05) is 12.1 Å². The van der Waals surface area contributed by atoms with Crippen molar-refractivity contribution < 1.29 is 4.74 Å². The standard InChI is InChI=1S/C20H23N3O/c1-20(10-4-3-5-11-20)16-17(14-6-8-15(24-2)9-7-14)23-19-18(16)21-12-13-22-19/h6-9,12-13H,3-5,10-11H2,1-2H3,(H,22,23). The van der Waals surface area contributed by atoms with Crippen LogP contribution in [0.15, 0.2) is 36.7 Å². The van der Waals surface area contributed by atoms with E-state index in [9.17, 15) is 0 Å². The van der Waals surface area contributed by atoms with Crippen molar-refractivity contribution in [3.05, 3.63) is 42.2 Å². The van der Waals surface area contributed by atoms with Crippen molar-refractivity contribution in [2.75, 3.05) is 7.11 Å². The monoisotopic (exact) mass is 321 g/mol. The highest BCUT2D eigenvalue weighted by molar-refractivity contribution is 5.86. The Morgan fingerprint density at radius 3 is 2.42 bits per heavy atom. The minimum Gasteiger partial charge on any atom is -0.497 e. The van der Waals surface area contributed by atoms with Gasteiger partial charge in [0.15, 0.2) is 5.65 Å². The number of aromatic nitrogens is 3. The molecule has 2 aromatic heterocycles. The number of hydrogen-bond donors (Lipinski definition) is 1. The number of fused-ring (bicyclic) bond motifs is 1. The van der Waals surface area contributed by atoms with Gasteiger partial charge in [0.1, 0.15) is 11.3 Å². The van der Waals surface area contributed by atoms with E-state index in [2.05, 4.69) is 34.0 Å². The summed E-state index contributed by atoms with van der Waals surface area (Å²) in [4.78, 5) is 12.7. The third-order valence-corrected chi connectivity index (χ3v) is 5.37. The topological polar surface area (TPSA) is 50.8 Å². The van der Waals surface area contributed by atoms with E-state index in [0.29, 0.717) is 0 Å². The van der Waals surface area contributed by atoms with Crippen LogP contribution in [-0.4, -0.2) is 22.1 Å². The van der Waals surface area contributed by atoms with Crippen LogP contribution in [0.1, 0.15) is 44.6 Å². The van der Waals surface area contributed by atoms with E-state index in [1.165, 1.54) is 37.7 Å². The van der Waals surface area contributed by atoms with E-state index in [-0.39, 0.29) is 5.41 Å². The molecule has 0 unspecified atom stereocenters. The number of hydrogen-bond acceptors (Lipinski definition) is 3. The van der Waals surface area contributed by atoms with Crippen molar-refractivity contribution >= 4 is 11.2 Å². The summed E-state index contributed by atoms with van der Waals surface area (Å²) in [7, 11) is 1.69. The van der Waals surface area contributed by atoms with Crippen molar-refractivity contribution in [1.29, 1.82) is 0 Å². The van der Waals surface area contributed by atoms with Crippen molar-refractivity contribution in [2.45, 2.75) is 44.4 Å². The molecule has 0 saturated heterocycles. The lowest BCUT2D eigenvalue weighted by atomic mass is 9.70. The van der Waals surface area contributed by atoms with Crippen LogP contribution in [0.2, 0.25) is 0 Å². The van der Waals surface area contributed by atoms with Gasteiger partial charge in [-0.1, -0.05) is 26.2 Å². The molecule has 0 amide bonds. The molecule has 2 heterocycles. The number of H-pyrrole nitrogens is 1. The Morgan fingerprint density at radius 2 is 1.71 bits per heavy atom. The maximum Gasteiger partial charge on any atom is 0.156 e. The number of nitrogens with zero attached hydrogens (tertiary/aromatic N) is 2. The number of nitrogens with one attached hydrogen (secondary N) is 1. The molecule has 24 heavy (non-hydrogen) atoms.